The fourth-order valence-corrected chi connectivity index (χ4v) is 9.71. The van der Waals surface area contributed by atoms with Gasteiger partial charge in [-0.1, -0.05) is 41.6 Å². The van der Waals surface area contributed by atoms with E-state index in [0.717, 1.165) is 4.68 Å². The molecule has 0 saturated carbocycles. The number of carbonyl (C=O) groups excluding carboxylic acids is 7. The molecule has 38 heteroatoms. The standard InChI is InChI=1S/C62H78FN13O24/c63-27-1-3-40-32-76(75-74-40)33-50(81)73-62(24-21-47(78)64-37-11-5-34(6-12-37)29-44(56(92)93)70-59(98)67-41(53(86)87)4-2-28-77,25-22-48(79)65-38-13-7-35(8-14-38)30-45(57(94)95)71-60(99)68-42(54(88)89)17-19-51(82)83)26-23-49(80)66-39-15-9-36(10-16-39)31-46(58(96)97)72-61(100)69-43(55(90)91)18-20-52(84)85/h5-16,32,41-46,77H,1-4,17-31,33H2,(H,64,78)(H,65,79)(H,66,80)(H,73,81)(H,82,83)(H,84,85)(H,86,87)(H,88,89)(H,90,91)(H,92,93)(H,94,95)(H,96,97)(H2,67,70,98)(H2,68,71,99)(H2,69,72,100)/t41-,42-,43-,44-,45-,46-/m0/s1. The summed E-state index contributed by atoms with van der Waals surface area (Å²) in [7, 11) is 0. The van der Waals surface area contributed by atoms with E-state index in [1.165, 1.54) is 79.0 Å². The van der Waals surface area contributed by atoms with Crippen molar-refractivity contribution in [2.75, 3.05) is 29.2 Å². The monoisotopic (exact) mass is 1410 g/mol. The Morgan fingerprint density at radius 2 is 0.740 bits per heavy atom. The number of rotatable bonds is 45. The average Bonchev–Trinajstić information content (AvgIpc) is 1.56. The number of hydrogen-bond donors (Lipinski definition) is 19. The summed E-state index contributed by atoms with van der Waals surface area (Å²) in [6.45, 7) is -1.53. The first-order valence-corrected chi connectivity index (χ1v) is 30.9. The molecule has 0 aliphatic heterocycles. The largest absolute Gasteiger partial charge is 0.481 e. The molecule has 0 bridgehead atoms. The molecule has 10 amide bonds. The molecule has 100 heavy (non-hydrogen) atoms. The van der Waals surface area contributed by atoms with Crippen LogP contribution < -0.4 is 53.2 Å². The summed E-state index contributed by atoms with van der Waals surface area (Å²) in [5, 5.41) is 116. The number of alkyl halides is 1. The lowest BCUT2D eigenvalue weighted by Crippen LogP contribution is -2.51. The van der Waals surface area contributed by atoms with E-state index in [1.807, 2.05) is 10.6 Å². The zero-order valence-corrected chi connectivity index (χ0v) is 53.5. The predicted molar refractivity (Wildman–Crippen MR) is 343 cm³/mol. The molecule has 542 valence electrons. The highest BCUT2D eigenvalue weighted by molar-refractivity contribution is 5.94. The number of aliphatic hydroxyl groups excluding tert-OH is 1. The molecular weight excluding hydrogens is 1330 g/mol. The Kier molecular flexibility index (Phi) is 32.7. The van der Waals surface area contributed by atoms with Crippen molar-refractivity contribution in [2.24, 2.45) is 0 Å². The smallest absolute Gasteiger partial charge is 0.326 e. The first-order valence-electron chi connectivity index (χ1n) is 30.9. The van der Waals surface area contributed by atoms with Crippen LogP contribution in [0.5, 0.6) is 0 Å². The summed E-state index contributed by atoms with van der Waals surface area (Å²) in [5.41, 5.74) is 0.164. The lowest BCUT2D eigenvalue weighted by atomic mass is 9.83. The summed E-state index contributed by atoms with van der Waals surface area (Å²) in [6, 6.07) is 3.76. The highest BCUT2D eigenvalue weighted by atomic mass is 19.1. The van der Waals surface area contributed by atoms with Gasteiger partial charge in [-0.3, -0.25) is 33.2 Å². The van der Waals surface area contributed by atoms with E-state index in [0.29, 0.717) is 22.4 Å². The number of carboxylic acid groups (broad SMARTS) is 8. The molecule has 6 atom stereocenters. The van der Waals surface area contributed by atoms with Gasteiger partial charge in [-0.05, 0) is 111 Å². The van der Waals surface area contributed by atoms with Crippen molar-refractivity contribution in [2.45, 2.75) is 157 Å². The fraction of sp³-hybridized carbons (Fsp3) is 0.435. The van der Waals surface area contributed by atoms with Crippen LogP contribution in [-0.4, -0.2) is 206 Å². The molecular formula is C62H78FN13O24. The lowest BCUT2D eigenvalue weighted by Gasteiger charge is -2.35. The van der Waals surface area contributed by atoms with Gasteiger partial charge in [0.25, 0.3) is 0 Å². The molecule has 4 rings (SSSR count). The molecule has 0 aliphatic carbocycles. The Morgan fingerprint density at radius 3 is 1.04 bits per heavy atom. The van der Waals surface area contributed by atoms with Gasteiger partial charge in [0.2, 0.25) is 23.6 Å². The van der Waals surface area contributed by atoms with Crippen LogP contribution in [0.15, 0.2) is 79.0 Å². The number of nitrogens with one attached hydrogen (secondary N) is 10. The van der Waals surface area contributed by atoms with Crippen LogP contribution in [0.2, 0.25) is 0 Å². The van der Waals surface area contributed by atoms with Gasteiger partial charge < -0.3 is 99.1 Å². The first-order chi connectivity index (χ1) is 47.3. The van der Waals surface area contributed by atoms with E-state index in [2.05, 4.69) is 52.8 Å². The van der Waals surface area contributed by atoms with Gasteiger partial charge in [-0.25, -0.2) is 47.8 Å². The Hall–Kier alpha value is -11.9. The maximum Gasteiger partial charge on any atom is 0.326 e. The molecule has 4 aromatic rings. The maximum atomic E-state index is 14.2. The number of nitrogens with zero attached hydrogens (tertiary/aromatic N) is 3. The third-order valence-electron chi connectivity index (χ3n) is 15.0. The lowest BCUT2D eigenvalue weighted by molar-refractivity contribution is -0.142. The van der Waals surface area contributed by atoms with Gasteiger partial charge in [0.1, 0.15) is 42.8 Å². The van der Waals surface area contributed by atoms with Gasteiger partial charge in [-0.2, -0.15) is 0 Å². The number of amides is 10. The molecule has 0 fully saturated rings. The van der Waals surface area contributed by atoms with E-state index in [-0.39, 0.29) is 87.9 Å². The number of urea groups is 3. The number of carboxylic acids is 8. The van der Waals surface area contributed by atoms with E-state index in [1.54, 1.807) is 0 Å². The second-order valence-corrected chi connectivity index (χ2v) is 22.8. The fourth-order valence-electron chi connectivity index (χ4n) is 9.71. The summed E-state index contributed by atoms with van der Waals surface area (Å²) in [5.74, 6) is -14.5. The molecule has 0 spiro atoms. The predicted octanol–water partition coefficient (Wildman–Crippen LogP) is 1.04. The Morgan fingerprint density at radius 1 is 0.420 bits per heavy atom. The number of benzene rings is 3. The third kappa shape index (κ3) is 30.1. The molecule has 1 aromatic heterocycles. The molecule has 3 aromatic carbocycles. The van der Waals surface area contributed by atoms with Crippen molar-refractivity contribution in [1.29, 1.82) is 0 Å². The minimum Gasteiger partial charge on any atom is -0.481 e. The van der Waals surface area contributed by atoms with Crippen molar-refractivity contribution in [3.8, 4) is 0 Å². The van der Waals surface area contributed by atoms with Crippen LogP contribution in [0.1, 0.15) is 106 Å². The van der Waals surface area contributed by atoms with Gasteiger partial charge >= 0.3 is 65.8 Å². The second-order valence-electron chi connectivity index (χ2n) is 22.8. The average molecular weight is 1410 g/mol. The van der Waals surface area contributed by atoms with Crippen molar-refractivity contribution in [3.05, 3.63) is 101 Å². The van der Waals surface area contributed by atoms with Crippen LogP contribution in [0, 0.1) is 0 Å². The quantitative estimate of drug-likeness (QED) is 0.0294. The third-order valence-corrected chi connectivity index (χ3v) is 15.0. The van der Waals surface area contributed by atoms with Crippen molar-refractivity contribution in [1.82, 2.24) is 52.2 Å². The zero-order chi connectivity index (χ0) is 74.1. The Balaban J connectivity index is 1.61. The molecule has 0 saturated heterocycles. The molecule has 0 unspecified atom stereocenters. The zero-order valence-electron chi connectivity index (χ0n) is 53.5. The Bertz CT molecular complexity index is 3410. The minimum atomic E-state index is -1.66. The number of aromatic nitrogens is 3. The van der Waals surface area contributed by atoms with Crippen LogP contribution in [0.4, 0.5) is 35.8 Å². The summed E-state index contributed by atoms with van der Waals surface area (Å²) in [4.78, 5) is 187. The number of aryl methyl sites for hydroxylation is 1. The van der Waals surface area contributed by atoms with Crippen LogP contribution in [-0.2, 0) is 89.8 Å². The van der Waals surface area contributed by atoms with Gasteiger partial charge in [0, 0.05) is 86.8 Å². The minimum absolute atomic E-state index is 0.0344. The summed E-state index contributed by atoms with van der Waals surface area (Å²) in [6.07, 6.45) is -3.80. The van der Waals surface area contributed by atoms with Crippen LogP contribution >= 0.6 is 0 Å². The topological polar surface area (TPSA) is 589 Å². The molecule has 0 radical (unpaired) electrons. The number of anilines is 3. The SMILES string of the molecule is O=C(O)CC[C@H](NC(=O)N[C@@H](Cc1ccc(NC(=O)CCC(CCC(=O)Nc2ccc(C[C@H](NC(=O)N[C@@H](CCCO)C(=O)O)C(=O)O)cc2)(CCC(=O)Nc2ccc(C[C@H](NC(=O)N[C@@H](CCC(=O)O)C(=O)O)C(=O)O)cc2)NC(=O)Cn2cc(CCCF)nn2)cc1)C(=O)O)C(=O)O. The molecule has 37 nitrogen and oxygen atoms in total. The highest BCUT2D eigenvalue weighted by Crippen LogP contribution is 2.28. The van der Waals surface area contributed by atoms with Gasteiger partial charge in [-0.15, -0.1) is 5.10 Å². The van der Waals surface area contributed by atoms with Gasteiger partial charge in [0.05, 0.1) is 12.4 Å². The molecule has 0 aliphatic rings. The van der Waals surface area contributed by atoms with Crippen LogP contribution in [0.3, 0.4) is 0 Å². The number of hydrogen-bond acceptors (Lipinski definition) is 18. The highest BCUT2D eigenvalue weighted by Gasteiger charge is 2.35. The van der Waals surface area contributed by atoms with Crippen molar-refractivity contribution in [3.63, 3.8) is 0 Å². The van der Waals surface area contributed by atoms with Crippen molar-refractivity contribution < 1.29 is 122 Å². The van der Waals surface area contributed by atoms with E-state index in [9.17, 15) is 107 Å². The molecule has 19 N–H and O–H groups in total. The second kappa shape index (κ2) is 40.6. The van der Waals surface area contributed by atoms with Gasteiger partial charge in [0.15, 0.2) is 0 Å². The maximum absolute atomic E-state index is 14.2. The number of aliphatic hydroxyl groups is 1. The van der Waals surface area contributed by atoms with Crippen molar-refractivity contribution >= 4 is 107 Å². The number of halogens is 1. The number of aliphatic carboxylic acids is 8. The first kappa shape index (κ1) is 80.6. The van der Waals surface area contributed by atoms with Crippen LogP contribution in [0.25, 0.3) is 0 Å². The number of carbonyl (C=O) groups is 15. The summed E-state index contributed by atoms with van der Waals surface area (Å²) >= 11 is 0. The van der Waals surface area contributed by atoms with E-state index < -0.39 is 189 Å². The Labute approximate surface area is 567 Å². The van der Waals surface area contributed by atoms with E-state index in [4.69, 9.17) is 15.3 Å². The molecule has 1 heterocycles. The van der Waals surface area contributed by atoms with E-state index >= 15 is 0 Å². The normalized spacial score (nSPS) is 12.8. The summed E-state index contributed by atoms with van der Waals surface area (Å²) < 4.78 is 14.2.